The summed E-state index contributed by atoms with van der Waals surface area (Å²) in [5, 5.41) is 0. The van der Waals surface area contributed by atoms with Gasteiger partial charge in [0.25, 0.3) is 0 Å². The summed E-state index contributed by atoms with van der Waals surface area (Å²) in [6.45, 7) is -0.398. The van der Waals surface area contributed by atoms with Crippen molar-refractivity contribution in [3.63, 3.8) is 0 Å². The van der Waals surface area contributed by atoms with Crippen molar-refractivity contribution in [3.05, 3.63) is 0 Å². The number of nitrogens with zero attached hydrogens (tertiary/aromatic N) is 1. The Kier molecular flexibility index (Phi) is 38.6. The van der Waals surface area contributed by atoms with E-state index in [1.165, 1.54) is 6.96 Å². The van der Waals surface area contributed by atoms with E-state index < -0.39 is 217 Å². The van der Waals surface area contributed by atoms with Gasteiger partial charge in [0.05, 0.1) is 0 Å². The Morgan fingerprint density at radius 2 is 0.356 bits per heavy atom. The van der Waals surface area contributed by atoms with Crippen molar-refractivity contribution in [3.8, 4) is 0 Å². The molecule has 0 amide bonds. The van der Waals surface area contributed by atoms with Crippen molar-refractivity contribution >= 4 is 510 Å². The van der Waals surface area contributed by atoms with Crippen molar-refractivity contribution in [2.24, 2.45) is 4.81 Å². The van der Waals surface area contributed by atoms with Crippen LogP contribution in [0.1, 0.15) is 0 Å². The third kappa shape index (κ3) is 21.8. The van der Waals surface area contributed by atoms with Gasteiger partial charge in [0.1, 0.15) is 0 Å². The second kappa shape index (κ2) is 36.3. The van der Waals surface area contributed by atoms with Gasteiger partial charge in [-0.2, -0.15) is 0 Å². The molecule has 73 heteroatoms. The molecule has 0 aromatic carbocycles. The maximum absolute atomic E-state index is 6.91. The van der Waals surface area contributed by atoms with Crippen molar-refractivity contribution in [1.82, 2.24) is 0 Å². The summed E-state index contributed by atoms with van der Waals surface area (Å²) < 4.78 is 0. The molecule has 1 nitrogen and oxygen atoms in total. The molecule has 73 heavy (non-hydrogen) atoms. The molecule has 0 rings (SSSR count). The summed E-state index contributed by atoms with van der Waals surface area (Å²) in [6.07, 6.45) is -47.1. The molecule has 0 unspecified atom stereocenters. The summed E-state index contributed by atoms with van der Waals surface area (Å²) in [7, 11) is 238. The predicted molar refractivity (Wildman–Crippen MR) is 417 cm³/mol. The van der Waals surface area contributed by atoms with E-state index in [0.29, 0.717) is 0 Å². The van der Waals surface area contributed by atoms with Crippen LogP contribution in [0.4, 0.5) is 0 Å². The molecule has 0 aliphatic rings. The molecule has 0 saturated carbocycles. The van der Waals surface area contributed by atoms with Crippen LogP contribution in [0.5, 0.6) is 0 Å². The standard InChI is InChI=1S/B72N/c1-37-56(36)66(55(34)35)71(69(62(47(18)19)48(20)21)63(49(22)23)50(24)25)72(70(64(51(26)27)52(28)29)65(53(30)31)54(32)33)73-38-57(67(58(39(2)3)40(4)5)59(41(6)7)42(8)9)68(60(43(10)11)44(12)13)61(45(14)15)46(16)17. The molecule has 0 bridgehead atoms. The normalized spacial score (nSPS) is 9.81. The molecule has 0 N–H and O–H groups in total. The zero-order valence-electron chi connectivity index (χ0n) is 42.0. The first-order valence-corrected chi connectivity index (χ1v) is 23.8. The van der Waals surface area contributed by atoms with Crippen molar-refractivity contribution in [1.29, 1.82) is 0 Å². The Bertz CT molecular complexity index is 1240. The van der Waals surface area contributed by atoms with Crippen LogP contribution in [0.3, 0.4) is 0 Å². The average Bonchev–Trinajstić information content (AvgIpc) is 3.18. The summed E-state index contributed by atoms with van der Waals surface area (Å²) >= 11 is 0. The van der Waals surface area contributed by atoms with Crippen molar-refractivity contribution in [2.45, 2.75) is 0 Å². The molecule has 0 aromatic heterocycles. The number of hydrogen-bond donors (Lipinski definition) is 0. The third-order valence-electron chi connectivity index (χ3n) is 14.8. The summed E-state index contributed by atoms with van der Waals surface area (Å²) in [6, 6.07) is 0. The van der Waals surface area contributed by atoms with Crippen LogP contribution < -0.4 is 0 Å². The van der Waals surface area contributed by atoms with Crippen LogP contribution in [-0.2, 0) is 0 Å². The van der Waals surface area contributed by atoms with Gasteiger partial charge in [0.15, 0.2) is 0 Å². The maximum atomic E-state index is 6.91. The van der Waals surface area contributed by atoms with E-state index in [1.807, 2.05) is 0 Å². The Balaban J connectivity index is 11.0. The minimum atomic E-state index is -1.69. The second-order valence-corrected chi connectivity index (χ2v) is 20.0. The summed E-state index contributed by atoms with van der Waals surface area (Å²) in [5.74, 6) is 0. The van der Waals surface area contributed by atoms with E-state index in [4.69, 9.17) is 283 Å². The van der Waals surface area contributed by atoms with Gasteiger partial charge in [-0.3, -0.25) is 0 Å². The SMILES string of the molecule is [B][B]B([B])B(B([B])[B])B(B(N=BB(B(B(B([B])[B])B([B])[B])B(B([B])[B])B([B])[B])B(B(B([B])[B])B([B])[B])B(B([B])[B])B([B])[B])B(B(B([B])[B])B([B])[B])B(B([B])[B])B([B])[B])B(B(B([B])[B])B([B])[B])B(B([B])[B])B([B])[B]. The van der Waals surface area contributed by atoms with Crippen LogP contribution in [-0.4, -0.2) is 510 Å². The topological polar surface area (TPSA) is 12.4 Å². The van der Waals surface area contributed by atoms with E-state index in [1.54, 1.807) is 0 Å². The van der Waals surface area contributed by atoms with Gasteiger partial charge in [-0.05, 0) is 0 Å². The molecule has 0 atom stereocenters. The zero-order valence-corrected chi connectivity index (χ0v) is 42.0. The van der Waals surface area contributed by atoms with Gasteiger partial charge < -0.3 is 0 Å². The molecule has 73 radical (unpaired) electrons. The fraction of sp³-hybridized carbons (Fsp3) is 0. The molecule has 0 aromatic rings. The molecule has 221 valence electrons. The van der Waals surface area contributed by atoms with Gasteiger partial charge in [0.2, 0.25) is 0 Å². The quantitative estimate of drug-likeness (QED) is 0.0567. The Labute approximate surface area is 510 Å². The van der Waals surface area contributed by atoms with Gasteiger partial charge in [0, 0.05) is 0 Å². The van der Waals surface area contributed by atoms with Gasteiger partial charge in [-0.1, -0.05) is 0 Å². The van der Waals surface area contributed by atoms with Crippen molar-refractivity contribution < 1.29 is 0 Å². The molecule has 0 aliphatic carbocycles. The summed E-state index contributed by atoms with van der Waals surface area (Å²) in [4.78, 5) is 5.41. The van der Waals surface area contributed by atoms with E-state index in [-0.39, 0.29) is 0 Å². The predicted octanol–water partition coefficient (Wildman–Crippen LogP) is -27.2. The third-order valence-corrected chi connectivity index (χ3v) is 14.8. The first-order valence-electron chi connectivity index (χ1n) is 23.8. The molecule has 0 aliphatic heterocycles. The first-order chi connectivity index (χ1) is 33.3. The van der Waals surface area contributed by atoms with Crippen molar-refractivity contribution in [2.75, 3.05) is 0 Å². The first kappa shape index (κ1) is 77.5. The van der Waals surface area contributed by atoms with Gasteiger partial charge >= 0.3 is 515 Å². The molecule has 0 fully saturated rings. The second-order valence-electron chi connectivity index (χ2n) is 20.0. The zero-order chi connectivity index (χ0) is 57.8. The van der Waals surface area contributed by atoms with Crippen LogP contribution in [0.15, 0.2) is 4.81 Å². The fourth-order valence-corrected chi connectivity index (χ4v) is 11.9. The Morgan fingerprint density at radius 1 is 0.192 bits per heavy atom. The molecule has 0 spiro atoms. The monoisotopic (exact) mass is 807 g/mol. The van der Waals surface area contributed by atoms with Crippen LogP contribution >= 0.6 is 0 Å². The van der Waals surface area contributed by atoms with Crippen LogP contribution in [0, 0.1) is 0 Å². The number of hydrogen-bond acceptors (Lipinski definition) is 1. The van der Waals surface area contributed by atoms with Gasteiger partial charge in [-0.15, -0.1) is 0 Å². The number of rotatable bonds is 35. The van der Waals surface area contributed by atoms with E-state index >= 15 is 0 Å². The van der Waals surface area contributed by atoms with Gasteiger partial charge in [-0.25, -0.2) is 0 Å². The van der Waals surface area contributed by atoms with Crippen LogP contribution in [0.2, 0.25) is 0 Å². The molecular formula is B72N. The Hall–Kier alpha value is 4.48. The van der Waals surface area contributed by atoms with E-state index in [9.17, 15) is 0 Å². The van der Waals surface area contributed by atoms with Crippen LogP contribution in [0.25, 0.3) is 0 Å². The molecular weight excluding hydrogens is 792 g/mol. The van der Waals surface area contributed by atoms with E-state index in [2.05, 4.69) is 0 Å². The molecule has 0 heterocycles. The Morgan fingerprint density at radius 3 is 0.534 bits per heavy atom. The average molecular weight is 792 g/mol. The summed E-state index contributed by atoms with van der Waals surface area (Å²) in [5.41, 5.74) is 0. The van der Waals surface area contributed by atoms with E-state index in [0.717, 1.165) is 7.06 Å². The fourth-order valence-electron chi connectivity index (χ4n) is 11.9. The molecule has 0 saturated heterocycles. The minimum absolute atomic E-state index is 1.07.